The maximum atomic E-state index is 5.61. The number of hydrogen-bond donors (Lipinski definition) is 1. The molecule has 0 atom stereocenters. The lowest BCUT2D eigenvalue weighted by Crippen LogP contribution is -2.27. The Morgan fingerprint density at radius 2 is 1.93 bits per heavy atom. The summed E-state index contributed by atoms with van der Waals surface area (Å²) in [6, 6.07) is 12.2. The number of aromatic nitrogens is 3. The van der Waals surface area contributed by atoms with Crippen LogP contribution in [-0.4, -0.2) is 41.8 Å². The fraction of sp³-hybridized carbons (Fsp3) is 0.381. The van der Waals surface area contributed by atoms with Crippen molar-refractivity contribution in [2.24, 2.45) is 0 Å². The van der Waals surface area contributed by atoms with Crippen LogP contribution in [0.5, 0.6) is 0 Å². The van der Waals surface area contributed by atoms with Gasteiger partial charge in [0.05, 0.1) is 11.3 Å². The Labute approximate surface area is 159 Å². The lowest BCUT2D eigenvalue weighted by molar-refractivity contribution is 0.427. The van der Waals surface area contributed by atoms with Crippen molar-refractivity contribution >= 4 is 5.69 Å². The van der Waals surface area contributed by atoms with Crippen molar-refractivity contribution in [3.8, 4) is 22.8 Å². The maximum absolute atomic E-state index is 5.61. The van der Waals surface area contributed by atoms with Crippen molar-refractivity contribution in [2.45, 2.75) is 25.7 Å². The molecule has 1 aliphatic rings. The second-order valence-electron chi connectivity index (χ2n) is 6.94. The Balaban J connectivity index is 1.61. The second-order valence-corrected chi connectivity index (χ2v) is 6.94. The van der Waals surface area contributed by atoms with Crippen molar-refractivity contribution in [2.75, 3.05) is 31.6 Å². The van der Waals surface area contributed by atoms with Gasteiger partial charge >= 0.3 is 0 Å². The number of nitrogens with zero attached hydrogens (tertiary/aromatic N) is 4. The lowest BCUT2D eigenvalue weighted by Gasteiger charge is -2.23. The lowest BCUT2D eigenvalue weighted by atomic mass is 9.91. The first-order valence-electron chi connectivity index (χ1n) is 9.57. The van der Waals surface area contributed by atoms with Crippen LogP contribution >= 0.6 is 0 Å². The van der Waals surface area contributed by atoms with E-state index in [4.69, 9.17) is 4.52 Å². The van der Waals surface area contributed by atoms with Gasteiger partial charge in [0.1, 0.15) is 0 Å². The van der Waals surface area contributed by atoms with Gasteiger partial charge in [-0.25, -0.2) is 0 Å². The highest BCUT2D eigenvalue weighted by atomic mass is 16.5. The minimum Gasteiger partial charge on any atom is -0.375 e. The van der Waals surface area contributed by atoms with Crippen molar-refractivity contribution < 1.29 is 4.52 Å². The number of hydrogen-bond acceptors (Lipinski definition) is 6. The molecule has 1 saturated heterocycles. The van der Waals surface area contributed by atoms with Gasteiger partial charge in [-0.3, -0.25) is 4.98 Å². The molecule has 1 fully saturated rings. The topological polar surface area (TPSA) is 67.1 Å². The van der Waals surface area contributed by atoms with E-state index in [0.29, 0.717) is 17.6 Å². The number of anilines is 1. The summed E-state index contributed by atoms with van der Waals surface area (Å²) in [7, 11) is 2.08. The third kappa shape index (κ3) is 3.71. The van der Waals surface area contributed by atoms with Crippen LogP contribution in [0.25, 0.3) is 22.8 Å². The Morgan fingerprint density at radius 3 is 2.67 bits per heavy atom. The third-order valence-corrected chi connectivity index (χ3v) is 5.26. The van der Waals surface area contributed by atoms with Crippen LogP contribution in [0.1, 0.15) is 31.4 Å². The van der Waals surface area contributed by atoms with Crippen LogP contribution in [0.2, 0.25) is 0 Å². The zero-order chi connectivity index (χ0) is 18.6. The molecule has 0 spiro atoms. The van der Waals surface area contributed by atoms with Crippen LogP contribution in [0.4, 0.5) is 5.69 Å². The van der Waals surface area contributed by atoms with E-state index < -0.39 is 0 Å². The number of benzene rings is 1. The number of piperidine rings is 1. The molecular formula is C21H25N5O. The van der Waals surface area contributed by atoms with Gasteiger partial charge in [-0.05, 0) is 69.3 Å². The molecule has 140 valence electrons. The normalized spacial score (nSPS) is 15.0. The van der Waals surface area contributed by atoms with Gasteiger partial charge in [0, 0.05) is 37.0 Å². The molecule has 0 radical (unpaired) electrons. The highest BCUT2D eigenvalue weighted by Gasteiger charge is 2.23. The summed E-state index contributed by atoms with van der Waals surface area (Å²) in [5, 5.41) is 7.61. The standard InChI is InChI=1S/C21H25N5O/c1-3-26(2)17-8-6-16(7-9-17)20-24-21(27-25-20)18-5-4-12-23-19(18)15-10-13-22-14-11-15/h4-9,12,15,22H,3,10-11,13-14H2,1-2H3. The largest absolute Gasteiger partial charge is 0.375 e. The van der Waals surface area contributed by atoms with Crippen molar-refractivity contribution in [3.05, 3.63) is 48.3 Å². The quantitative estimate of drug-likeness (QED) is 0.745. The monoisotopic (exact) mass is 363 g/mol. The van der Waals surface area contributed by atoms with Crippen molar-refractivity contribution in [1.82, 2.24) is 20.4 Å². The Morgan fingerprint density at radius 1 is 1.15 bits per heavy atom. The van der Waals surface area contributed by atoms with E-state index in [0.717, 1.165) is 49.3 Å². The Bertz CT molecular complexity index is 884. The van der Waals surface area contributed by atoms with E-state index >= 15 is 0 Å². The van der Waals surface area contributed by atoms with E-state index in [9.17, 15) is 0 Å². The van der Waals surface area contributed by atoms with Crippen molar-refractivity contribution in [1.29, 1.82) is 0 Å². The van der Waals surface area contributed by atoms with E-state index in [1.165, 1.54) is 5.69 Å². The van der Waals surface area contributed by atoms with Crippen LogP contribution < -0.4 is 10.2 Å². The molecule has 1 N–H and O–H groups in total. The van der Waals surface area contributed by atoms with E-state index in [1.54, 1.807) is 0 Å². The first-order chi connectivity index (χ1) is 13.3. The fourth-order valence-electron chi connectivity index (χ4n) is 3.52. The second kappa shape index (κ2) is 7.88. The van der Waals surface area contributed by atoms with E-state index in [-0.39, 0.29) is 0 Å². The molecule has 0 amide bonds. The van der Waals surface area contributed by atoms with Crippen molar-refractivity contribution in [3.63, 3.8) is 0 Å². The molecule has 3 aromatic rings. The molecule has 0 unspecified atom stereocenters. The van der Waals surface area contributed by atoms with E-state index in [2.05, 4.69) is 51.4 Å². The summed E-state index contributed by atoms with van der Waals surface area (Å²) < 4.78 is 5.61. The number of rotatable bonds is 5. The van der Waals surface area contributed by atoms with Crippen LogP contribution in [-0.2, 0) is 0 Å². The molecule has 6 nitrogen and oxygen atoms in total. The minimum atomic E-state index is 0.432. The molecule has 2 aromatic heterocycles. The van der Waals surface area contributed by atoms with Gasteiger partial charge in [0.2, 0.25) is 5.82 Å². The van der Waals surface area contributed by atoms with E-state index in [1.807, 2.05) is 30.5 Å². The van der Waals surface area contributed by atoms with Gasteiger partial charge in [-0.15, -0.1) is 0 Å². The van der Waals surface area contributed by atoms with Gasteiger partial charge < -0.3 is 14.7 Å². The van der Waals surface area contributed by atoms with Gasteiger partial charge in [-0.2, -0.15) is 4.98 Å². The molecule has 3 heterocycles. The third-order valence-electron chi connectivity index (χ3n) is 5.26. The van der Waals surface area contributed by atoms with Crippen LogP contribution in [0.15, 0.2) is 47.1 Å². The summed E-state index contributed by atoms with van der Waals surface area (Å²) in [4.78, 5) is 11.5. The highest BCUT2D eigenvalue weighted by molar-refractivity contribution is 5.64. The predicted molar refractivity (Wildman–Crippen MR) is 107 cm³/mol. The molecule has 1 aromatic carbocycles. The fourth-order valence-corrected chi connectivity index (χ4v) is 3.52. The molecular weight excluding hydrogens is 338 g/mol. The average molecular weight is 363 g/mol. The summed E-state index contributed by atoms with van der Waals surface area (Å²) >= 11 is 0. The zero-order valence-corrected chi connectivity index (χ0v) is 15.9. The summed E-state index contributed by atoms with van der Waals surface area (Å²) in [5.41, 5.74) is 4.13. The molecule has 4 rings (SSSR count). The molecule has 0 aliphatic carbocycles. The predicted octanol–water partition coefficient (Wildman–Crippen LogP) is 3.72. The minimum absolute atomic E-state index is 0.432. The van der Waals surface area contributed by atoms with Gasteiger partial charge in [0.25, 0.3) is 5.89 Å². The molecule has 6 heteroatoms. The average Bonchev–Trinajstić information content (AvgIpc) is 3.24. The van der Waals surface area contributed by atoms with Crippen LogP contribution in [0, 0.1) is 0 Å². The summed E-state index contributed by atoms with van der Waals surface area (Å²) in [5.74, 6) is 1.58. The zero-order valence-electron chi connectivity index (χ0n) is 15.9. The van der Waals surface area contributed by atoms with Gasteiger partial charge in [0.15, 0.2) is 0 Å². The molecule has 0 saturated carbocycles. The Hall–Kier alpha value is -2.73. The first kappa shape index (κ1) is 17.7. The number of nitrogens with one attached hydrogen (secondary N) is 1. The summed E-state index contributed by atoms with van der Waals surface area (Å²) in [6.07, 6.45) is 4.01. The smallest absolute Gasteiger partial charge is 0.260 e. The maximum Gasteiger partial charge on any atom is 0.260 e. The summed E-state index contributed by atoms with van der Waals surface area (Å²) in [6.45, 7) is 5.14. The molecule has 0 bridgehead atoms. The number of pyridine rings is 1. The SMILES string of the molecule is CCN(C)c1ccc(-c2noc(-c3cccnc3C3CCNCC3)n2)cc1. The Kier molecular flexibility index (Phi) is 5.16. The van der Waals surface area contributed by atoms with Crippen LogP contribution in [0.3, 0.4) is 0 Å². The first-order valence-corrected chi connectivity index (χ1v) is 9.57. The molecule has 1 aliphatic heterocycles. The highest BCUT2D eigenvalue weighted by Crippen LogP contribution is 2.32. The molecule has 27 heavy (non-hydrogen) atoms. The van der Waals surface area contributed by atoms with Gasteiger partial charge in [-0.1, -0.05) is 5.16 Å².